The average Bonchev–Trinajstić information content (AvgIpc) is 2.90. The molecule has 0 aromatic heterocycles. The molecule has 1 aliphatic rings. The third kappa shape index (κ3) is 7.31. The molecule has 114 valence electrons. The molecule has 1 fully saturated rings. The molecule has 0 aliphatic carbocycles. The van der Waals surface area contributed by atoms with Crippen LogP contribution in [0.25, 0.3) is 0 Å². The van der Waals surface area contributed by atoms with Gasteiger partial charge in [0.1, 0.15) is 0 Å². The first-order valence-electron chi connectivity index (χ1n) is 8.61. The summed E-state index contributed by atoms with van der Waals surface area (Å²) in [4.78, 5) is 0. The largest absolute Gasteiger partial charge is 0.381 e. The summed E-state index contributed by atoms with van der Waals surface area (Å²) in [5.74, 6) is 0. The van der Waals surface area contributed by atoms with Gasteiger partial charge < -0.3 is 10.5 Å². The van der Waals surface area contributed by atoms with Gasteiger partial charge in [-0.15, -0.1) is 0 Å². The van der Waals surface area contributed by atoms with Crippen LogP contribution in [0.2, 0.25) is 0 Å². The Bertz CT molecular complexity index is 199. The van der Waals surface area contributed by atoms with E-state index < -0.39 is 0 Å². The quantitative estimate of drug-likeness (QED) is 0.523. The van der Waals surface area contributed by atoms with Gasteiger partial charge in [-0.1, -0.05) is 71.1 Å². The molecule has 2 heteroatoms. The van der Waals surface area contributed by atoms with Crippen LogP contribution in [0.5, 0.6) is 0 Å². The molecule has 0 aromatic carbocycles. The summed E-state index contributed by atoms with van der Waals surface area (Å²) in [6.07, 6.45) is 16.6. The molecule has 1 unspecified atom stereocenters. The lowest BCUT2D eigenvalue weighted by molar-refractivity contribution is 0.147. The molecule has 1 aliphatic heterocycles. The van der Waals surface area contributed by atoms with Crippen LogP contribution in [0.4, 0.5) is 0 Å². The molecule has 0 radical (unpaired) electrons. The molecule has 0 aromatic rings. The SMILES string of the molecule is CCCCCCCCCCCCC1(CN)CCOC1. The van der Waals surface area contributed by atoms with Crippen molar-refractivity contribution in [3.63, 3.8) is 0 Å². The summed E-state index contributed by atoms with van der Waals surface area (Å²) in [6, 6.07) is 0. The fraction of sp³-hybridized carbons (Fsp3) is 1.00. The van der Waals surface area contributed by atoms with E-state index in [1.54, 1.807) is 0 Å². The number of rotatable bonds is 12. The van der Waals surface area contributed by atoms with Gasteiger partial charge in [0.15, 0.2) is 0 Å². The van der Waals surface area contributed by atoms with Crippen molar-refractivity contribution < 1.29 is 4.74 Å². The van der Waals surface area contributed by atoms with Crippen LogP contribution in [0.1, 0.15) is 84.0 Å². The normalized spacial score (nSPS) is 23.1. The highest BCUT2D eigenvalue weighted by atomic mass is 16.5. The van der Waals surface area contributed by atoms with Crippen LogP contribution in [0.3, 0.4) is 0 Å². The highest BCUT2D eigenvalue weighted by molar-refractivity contribution is 4.83. The van der Waals surface area contributed by atoms with E-state index in [1.807, 2.05) is 0 Å². The summed E-state index contributed by atoms with van der Waals surface area (Å²) in [7, 11) is 0. The van der Waals surface area contributed by atoms with E-state index in [1.165, 1.54) is 77.0 Å². The van der Waals surface area contributed by atoms with Gasteiger partial charge in [0.2, 0.25) is 0 Å². The zero-order chi connectivity index (χ0) is 13.8. The number of hydrogen-bond donors (Lipinski definition) is 1. The van der Waals surface area contributed by atoms with E-state index in [4.69, 9.17) is 10.5 Å². The Kier molecular flexibility index (Phi) is 9.54. The predicted octanol–water partition coefficient (Wildman–Crippen LogP) is 4.66. The maximum absolute atomic E-state index is 5.91. The van der Waals surface area contributed by atoms with Crippen LogP contribution in [-0.2, 0) is 4.74 Å². The van der Waals surface area contributed by atoms with E-state index >= 15 is 0 Å². The minimum absolute atomic E-state index is 0.333. The van der Waals surface area contributed by atoms with Crippen LogP contribution >= 0.6 is 0 Å². The Balaban J connectivity index is 1.85. The van der Waals surface area contributed by atoms with E-state index in [0.29, 0.717) is 5.41 Å². The second-order valence-corrected chi connectivity index (χ2v) is 6.44. The minimum atomic E-state index is 0.333. The van der Waals surface area contributed by atoms with Crippen LogP contribution in [0.15, 0.2) is 0 Å². The number of nitrogens with two attached hydrogens (primary N) is 1. The van der Waals surface area contributed by atoms with E-state index in [9.17, 15) is 0 Å². The van der Waals surface area contributed by atoms with Crippen molar-refractivity contribution in [3.05, 3.63) is 0 Å². The van der Waals surface area contributed by atoms with Crippen molar-refractivity contribution in [2.45, 2.75) is 84.0 Å². The first-order valence-corrected chi connectivity index (χ1v) is 8.61. The van der Waals surface area contributed by atoms with Crippen molar-refractivity contribution in [2.24, 2.45) is 11.1 Å². The zero-order valence-electron chi connectivity index (χ0n) is 13.1. The third-order valence-corrected chi connectivity index (χ3v) is 4.68. The molecule has 1 saturated heterocycles. The van der Waals surface area contributed by atoms with Crippen molar-refractivity contribution in [1.82, 2.24) is 0 Å². The maximum atomic E-state index is 5.91. The first-order chi connectivity index (χ1) is 9.33. The monoisotopic (exact) mass is 269 g/mol. The fourth-order valence-electron chi connectivity index (χ4n) is 3.10. The van der Waals surface area contributed by atoms with Gasteiger partial charge in [-0.2, -0.15) is 0 Å². The molecule has 0 amide bonds. The molecule has 1 atom stereocenters. The van der Waals surface area contributed by atoms with E-state index in [2.05, 4.69) is 6.92 Å². The molecule has 1 rings (SSSR count). The van der Waals surface area contributed by atoms with Crippen molar-refractivity contribution >= 4 is 0 Å². The molecule has 0 spiro atoms. The Morgan fingerprint density at radius 3 is 1.95 bits per heavy atom. The lowest BCUT2D eigenvalue weighted by Crippen LogP contribution is -2.30. The number of unbranched alkanes of at least 4 members (excludes halogenated alkanes) is 9. The van der Waals surface area contributed by atoms with Crippen molar-refractivity contribution in [3.8, 4) is 0 Å². The summed E-state index contributed by atoms with van der Waals surface area (Å²) in [6.45, 7) is 4.92. The Morgan fingerprint density at radius 2 is 1.47 bits per heavy atom. The molecule has 0 bridgehead atoms. The Hall–Kier alpha value is -0.0800. The molecular weight excluding hydrogens is 234 g/mol. The average molecular weight is 269 g/mol. The highest BCUT2D eigenvalue weighted by Crippen LogP contribution is 2.33. The van der Waals surface area contributed by atoms with Crippen LogP contribution < -0.4 is 5.73 Å². The topological polar surface area (TPSA) is 35.2 Å². The van der Waals surface area contributed by atoms with Gasteiger partial charge in [0.25, 0.3) is 0 Å². The van der Waals surface area contributed by atoms with Gasteiger partial charge in [0, 0.05) is 18.6 Å². The molecule has 2 N–H and O–H groups in total. The lowest BCUT2D eigenvalue weighted by Gasteiger charge is -2.25. The van der Waals surface area contributed by atoms with Gasteiger partial charge >= 0.3 is 0 Å². The van der Waals surface area contributed by atoms with Gasteiger partial charge in [-0.25, -0.2) is 0 Å². The summed E-state index contributed by atoms with van der Waals surface area (Å²) in [5.41, 5.74) is 6.24. The molecule has 0 saturated carbocycles. The number of ether oxygens (including phenoxy) is 1. The van der Waals surface area contributed by atoms with Crippen LogP contribution in [-0.4, -0.2) is 19.8 Å². The second kappa shape index (κ2) is 10.7. The second-order valence-electron chi connectivity index (χ2n) is 6.44. The van der Waals surface area contributed by atoms with E-state index in [-0.39, 0.29) is 0 Å². The Morgan fingerprint density at radius 1 is 0.895 bits per heavy atom. The first kappa shape index (κ1) is 17.0. The van der Waals surface area contributed by atoms with Gasteiger partial charge in [-0.05, 0) is 12.8 Å². The highest BCUT2D eigenvalue weighted by Gasteiger charge is 2.32. The van der Waals surface area contributed by atoms with Crippen molar-refractivity contribution in [2.75, 3.05) is 19.8 Å². The Labute approximate surface area is 120 Å². The van der Waals surface area contributed by atoms with Crippen molar-refractivity contribution in [1.29, 1.82) is 0 Å². The third-order valence-electron chi connectivity index (χ3n) is 4.68. The molecular formula is C17H35NO. The summed E-state index contributed by atoms with van der Waals surface area (Å²) in [5, 5.41) is 0. The summed E-state index contributed by atoms with van der Waals surface area (Å²) >= 11 is 0. The smallest absolute Gasteiger partial charge is 0.0535 e. The number of hydrogen-bond acceptors (Lipinski definition) is 2. The van der Waals surface area contributed by atoms with E-state index in [0.717, 1.165) is 19.8 Å². The van der Waals surface area contributed by atoms with Gasteiger partial charge in [0.05, 0.1) is 6.61 Å². The lowest BCUT2D eigenvalue weighted by atomic mass is 9.82. The molecule has 1 heterocycles. The zero-order valence-corrected chi connectivity index (χ0v) is 13.1. The van der Waals surface area contributed by atoms with Crippen LogP contribution in [0, 0.1) is 5.41 Å². The molecule has 19 heavy (non-hydrogen) atoms. The van der Waals surface area contributed by atoms with Gasteiger partial charge in [-0.3, -0.25) is 0 Å². The molecule has 2 nitrogen and oxygen atoms in total. The fourth-order valence-corrected chi connectivity index (χ4v) is 3.10. The minimum Gasteiger partial charge on any atom is -0.381 e. The standard InChI is InChI=1S/C17H35NO/c1-2-3-4-5-6-7-8-9-10-11-12-17(15-18)13-14-19-16-17/h2-16,18H2,1H3. The summed E-state index contributed by atoms with van der Waals surface area (Å²) < 4.78 is 5.51. The maximum Gasteiger partial charge on any atom is 0.0535 e. The predicted molar refractivity (Wildman–Crippen MR) is 83.4 cm³/mol.